The summed E-state index contributed by atoms with van der Waals surface area (Å²) in [5.74, 6) is 0. The van der Waals surface area contributed by atoms with Gasteiger partial charge in [0.25, 0.3) is 0 Å². The first-order valence-corrected chi connectivity index (χ1v) is 10.9. The highest BCUT2D eigenvalue weighted by atomic mass is 31.2. The molecule has 23 heavy (non-hydrogen) atoms. The van der Waals surface area contributed by atoms with Crippen molar-refractivity contribution in [1.29, 1.82) is 0 Å². The van der Waals surface area contributed by atoms with Gasteiger partial charge < -0.3 is 19.7 Å². The van der Waals surface area contributed by atoms with Crippen LogP contribution < -0.4 is 0 Å². The van der Waals surface area contributed by atoms with E-state index in [9.17, 15) is 4.57 Å². The van der Waals surface area contributed by atoms with Crippen LogP contribution in [0.2, 0.25) is 0 Å². The van der Waals surface area contributed by atoms with Crippen molar-refractivity contribution >= 4 is 7.60 Å². The Kier molecular flexibility index (Phi) is 15.9. The normalized spacial score (nSPS) is 12.2. The van der Waals surface area contributed by atoms with E-state index in [4.69, 9.17) is 9.79 Å². The van der Waals surface area contributed by atoms with Crippen molar-refractivity contribution < 1.29 is 24.3 Å². The lowest BCUT2D eigenvalue weighted by Gasteiger charge is -2.30. The SMILES string of the molecule is CCCCCCCCCCCC[N+](C)(C)CCCP(=O)(O)O.[OH-]. The van der Waals surface area contributed by atoms with Gasteiger partial charge in [-0.3, -0.25) is 4.57 Å². The van der Waals surface area contributed by atoms with Gasteiger partial charge in [0, 0.05) is 6.42 Å². The summed E-state index contributed by atoms with van der Waals surface area (Å²) >= 11 is 0. The van der Waals surface area contributed by atoms with Crippen LogP contribution in [0.5, 0.6) is 0 Å². The zero-order valence-electron chi connectivity index (χ0n) is 15.5. The summed E-state index contributed by atoms with van der Waals surface area (Å²) in [4.78, 5) is 17.8. The van der Waals surface area contributed by atoms with Crippen LogP contribution in [0.25, 0.3) is 0 Å². The first-order chi connectivity index (χ1) is 10.3. The molecule has 0 radical (unpaired) electrons. The minimum absolute atomic E-state index is 0. The topological polar surface area (TPSA) is 87.5 Å². The molecule has 0 amide bonds. The average Bonchev–Trinajstić information content (AvgIpc) is 2.39. The number of hydrogen-bond donors (Lipinski definition) is 2. The molecule has 0 aliphatic heterocycles. The molecule has 6 heteroatoms. The van der Waals surface area contributed by atoms with Crippen molar-refractivity contribution in [2.24, 2.45) is 0 Å². The molecule has 0 aliphatic rings. The van der Waals surface area contributed by atoms with Gasteiger partial charge in [0.05, 0.1) is 33.3 Å². The molecule has 0 heterocycles. The first kappa shape index (κ1) is 25.3. The molecule has 0 bridgehead atoms. The summed E-state index contributed by atoms with van der Waals surface area (Å²) in [6.45, 7) is 4.21. The molecule has 0 saturated carbocycles. The van der Waals surface area contributed by atoms with Gasteiger partial charge in [-0.1, -0.05) is 58.3 Å². The van der Waals surface area contributed by atoms with Crippen molar-refractivity contribution in [3.63, 3.8) is 0 Å². The van der Waals surface area contributed by atoms with Crippen LogP contribution in [0.15, 0.2) is 0 Å². The molecule has 3 N–H and O–H groups in total. The van der Waals surface area contributed by atoms with Crippen molar-refractivity contribution in [3.05, 3.63) is 0 Å². The lowest BCUT2D eigenvalue weighted by Crippen LogP contribution is -2.41. The van der Waals surface area contributed by atoms with Gasteiger partial charge in [-0.25, -0.2) is 0 Å². The zero-order chi connectivity index (χ0) is 16.9. The van der Waals surface area contributed by atoms with Gasteiger partial charge in [-0.2, -0.15) is 0 Å². The first-order valence-electron chi connectivity index (χ1n) is 9.13. The second-order valence-corrected chi connectivity index (χ2v) is 9.08. The molecule has 0 rings (SSSR count). The minimum Gasteiger partial charge on any atom is -0.870 e. The highest BCUT2D eigenvalue weighted by Gasteiger charge is 2.18. The Morgan fingerprint density at radius 2 is 1.13 bits per heavy atom. The summed E-state index contributed by atoms with van der Waals surface area (Å²) < 4.78 is 11.7. The molecular weight excluding hydrogens is 313 g/mol. The molecule has 0 saturated heterocycles. The average molecular weight is 353 g/mol. The van der Waals surface area contributed by atoms with Crippen LogP contribution in [0.4, 0.5) is 0 Å². The number of unbranched alkanes of at least 4 members (excludes halogenated alkanes) is 9. The predicted molar refractivity (Wildman–Crippen MR) is 97.2 cm³/mol. The molecule has 0 fully saturated rings. The highest BCUT2D eigenvalue weighted by Crippen LogP contribution is 2.35. The van der Waals surface area contributed by atoms with E-state index in [-0.39, 0.29) is 11.6 Å². The van der Waals surface area contributed by atoms with E-state index in [1.807, 2.05) is 0 Å². The third-order valence-corrected chi connectivity index (χ3v) is 5.23. The summed E-state index contributed by atoms with van der Waals surface area (Å²) in [6.07, 6.45) is 14.1. The Bertz CT molecular complexity index is 305. The van der Waals surface area contributed by atoms with Crippen LogP contribution in [-0.2, 0) is 4.57 Å². The molecule has 0 atom stereocenters. The van der Waals surface area contributed by atoms with Crippen LogP contribution in [0, 0.1) is 0 Å². The third-order valence-electron chi connectivity index (χ3n) is 4.33. The van der Waals surface area contributed by atoms with Crippen LogP contribution in [-0.4, -0.2) is 53.1 Å². The van der Waals surface area contributed by atoms with E-state index in [1.54, 1.807) is 0 Å². The van der Waals surface area contributed by atoms with Gasteiger partial charge in [0.15, 0.2) is 0 Å². The van der Waals surface area contributed by atoms with E-state index in [1.165, 1.54) is 64.2 Å². The van der Waals surface area contributed by atoms with Crippen molar-refractivity contribution in [2.75, 3.05) is 33.3 Å². The molecule has 142 valence electrons. The molecular formula is C17H40NO4P. The molecule has 0 spiro atoms. The van der Waals surface area contributed by atoms with Crippen LogP contribution >= 0.6 is 7.60 Å². The molecule has 0 aromatic carbocycles. The maximum Gasteiger partial charge on any atom is 0.325 e. The van der Waals surface area contributed by atoms with Crippen molar-refractivity contribution in [3.8, 4) is 0 Å². The van der Waals surface area contributed by atoms with Crippen LogP contribution in [0.1, 0.15) is 77.6 Å². The van der Waals surface area contributed by atoms with Gasteiger partial charge >= 0.3 is 7.60 Å². The van der Waals surface area contributed by atoms with Gasteiger partial charge in [0.1, 0.15) is 0 Å². The largest absolute Gasteiger partial charge is 0.870 e. The fourth-order valence-electron chi connectivity index (χ4n) is 2.84. The second-order valence-electron chi connectivity index (χ2n) is 7.31. The molecule has 5 nitrogen and oxygen atoms in total. The fourth-order valence-corrected chi connectivity index (χ4v) is 3.40. The maximum absolute atomic E-state index is 10.8. The predicted octanol–water partition coefficient (Wildman–Crippen LogP) is 4.37. The van der Waals surface area contributed by atoms with Gasteiger partial charge in [-0.05, 0) is 12.8 Å². The van der Waals surface area contributed by atoms with E-state index in [0.717, 1.165) is 17.6 Å². The highest BCUT2D eigenvalue weighted by molar-refractivity contribution is 7.51. The Morgan fingerprint density at radius 3 is 1.57 bits per heavy atom. The lowest BCUT2D eigenvalue weighted by atomic mass is 10.1. The Balaban J connectivity index is 0. The summed E-state index contributed by atoms with van der Waals surface area (Å²) in [5.41, 5.74) is 0. The minimum atomic E-state index is -3.82. The Hall–Kier alpha value is 0.0700. The third kappa shape index (κ3) is 20.0. The summed E-state index contributed by atoms with van der Waals surface area (Å²) in [5, 5.41) is 0. The number of rotatable bonds is 15. The summed E-state index contributed by atoms with van der Waals surface area (Å²) in [7, 11) is 0.504. The maximum atomic E-state index is 10.8. The van der Waals surface area contributed by atoms with Gasteiger partial charge in [-0.15, -0.1) is 0 Å². The van der Waals surface area contributed by atoms with E-state index in [0.29, 0.717) is 6.42 Å². The Labute approximate surface area is 143 Å². The quantitative estimate of drug-likeness (QED) is 0.260. The fraction of sp³-hybridized carbons (Fsp3) is 1.00. The molecule has 0 aliphatic carbocycles. The summed E-state index contributed by atoms with van der Waals surface area (Å²) in [6, 6.07) is 0. The number of hydrogen-bond acceptors (Lipinski definition) is 2. The molecule has 0 unspecified atom stereocenters. The second kappa shape index (κ2) is 14.4. The van der Waals surface area contributed by atoms with Crippen molar-refractivity contribution in [1.82, 2.24) is 0 Å². The lowest BCUT2D eigenvalue weighted by molar-refractivity contribution is -0.890. The standard InChI is InChI=1S/C17H38NO3P.H2O/c1-4-5-6-7-8-9-10-11-12-13-15-18(2,3)16-14-17-22(19,20)21;/h4-17H2,1-3H3,(H-,19,20,21);1H2. The number of nitrogens with zero attached hydrogens (tertiary/aromatic N) is 1. The van der Waals surface area contributed by atoms with E-state index >= 15 is 0 Å². The van der Waals surface area contributed by atoms with Gasteiger partial charge in [0.2, 0.25) is 0 Å². The molecule has 0 aromatic heterocycles. The monoisotopic (exact) mass is 353 g/mol. The Morgan fingerprint density at radius 1 is 0.739 bits per heavy atom. The van der Waals surface area contributed by atoms with Crippen LogP contribution in [0.3, 0.4) is 0 Å². The molecule has 0 aromatic rings. The smallest absolute Gasteiger partial charge is 0.325 e. The van der Waals surface area contributed by atoms with Crippen molar-refractivity contribution in [2.45, 2.75) is 77.6 Å². The van der Waals surface area contributed by atoms with E-state index < -0.39 is 7.60 Å². The number of quaternary nitrogens is 1. The van der Waals surface area contributed by atoms with E-state index in [2.05, 4.69) is 21.0 Å². The zero-order valence-corrected chi connectivity index (χ0v) is 16.4.